The number of nitrogens with one attached hydrogen (secondary N) is 4. The maximum absolute atomic E-state index is 13.4. The fourth-order valence-electron chi connectivity index (χ4n) is 4.51. The first-order valence-electron chi connectivity index (χ1n) is 10.4. The van der Waals surface area contributed by atoms with Crippen molar-refractivity contribution in [3.8, 4) is 11.3 Å². The van der Waals surface area contributed by atoms with E-state index in [9.17, 15) is 18.4 Å². The molecule has 0 bridgehead atoms. The number of amides is 2. The first kappa shape index (κ1) is 20.3. The second-order valence-corrected chi connectivity index (χ2v) is 8.26. The smallest absolute Gasteiger partial charge is 0.257 e. The Kier molecular flexibility index (Phi) is 4.97. The van der Waals surface area contributed by atoms with Crippen molar-refractivity contribution >= 4 is 17.6 Å². The second-order valence-electron chi connectivity index (χ2n) is 8.26. The van der Waals surface area contributed by atoms with Gasteiger partial charge < -0.3 is 20.9 Å². The van der Waals surface area contributed by atoms with Crippen molar-refractivity contribution < 1.29 is 18.4 Å². The molecule has 32 heavy (non-hydrogen) atoms. The van der Waals surface area contributed by atoms with Crippen LogP contribution >= 0.6 is 0 Å². The van der Waals surface area contributed by atoms with Crippen LogP contribution < -0.4 is 16.0 Å². The Balaban J connectivity index is 1.44. The van der Waals surface area contributed by atoms with Crippen LogP contribution in [0, 0.1) is 11.6 Å². The van der Waals surface area contributed by atoms with E-state index in [-0.39, 0.29) is 22.7 Å². The van der Waals surface area contributed by atoms with Gasteiger partial charge in [0.25, 0.3) is 11.8 Å². The quantitative estimate of drug-likeness (QED) is 0.506. The molecule has 0 radical (unpaired) electrons. The highest BCUT2D eigenvalue weighted by Crippen LogP contribution is 2.37. The minimum Gasteiger partial charge on any atom is -0.357 e. The predicted molar refractivity (Wildman–Crippen MR) is 114 cm³/mol. The molecule has 3 aromatic rings. The number of hydrogen-bond acceptors (Lipinski definition) is 4. The van der Waals surface area contributed by atoms with E-state index in [1.165, 1.54) is 6.20 Å². The summed E-state index contributed by atoms with van der Waals surface area (Å²) in [5, 5.41) is 8.98. The Hall–Kier alpha value is -3.59. The summed E-state index contributed by atoms with van der Waals surface area (Å²) in [5.41, 5.74) is 2.67. The van der Waals surface area contributed by atoms with Crippen LogP contribution in [0.4, 0.5) is 14.6 Å². The van der Waals surface area contributed by atoms with E-state index in [1.807, 2.05) is 6.07 Å². The van der Waals surface area contributed by atoms with Gasteiger partial charge in [-0.15, -0.1) is 0 Å². The number of benzene rings is 1. The third-order valence-electron chi connectivity index (χ3n) is 6.09. The van der Waals surface area contributed by atoms with Crippen molar-refractivity contribution in [1.29, 1.82) is 0 Å². The number of fused-ring (bicyclic) bond motifs is 2. The summed E-state index contributed by atoms with van der Waals surface area (Å²) in [5.74, 6) is -2.24. The number of pyridine rings is 1. The minimum absolute atomic E-state index is 0.116. The van der Waals surface area contributed by atoms with Crippen LogP contribution in [0.1, 0.15) is 39.3 Å². The summed E-state index contributed by atoms with van der Waals surface area (Å²) in [6, 6.07) is 7.83. The summed E-state index contributed by atoms with van der Waals surface area (Å²) in [7, 11) is 0. The molecule has 4 heterocycles. The lowest BCUT2D eigenvalue weighted by Gasteiger charge is -2.40. The number of hydrogen-bond donors (Lipinski definition) is 4. The molecule has 2 aliphatic rings. The van der Waals surface area contributed by atoms with Crippen LogP contribution in [-0.4, -0.2) is 41.4 Å². The van der Waals surface area contributed by atoms with Gasteiger partial charge in [-0.05, 0) is 49.7 Å². The van der Waals surface area contributed by atoms with E-state index in [0.717, 1.165) is 55.0 Å². The average molecular weight is 437 g/mol. The molecule has 0 saturated carbocycles. The maximum Gasteiger partial charge on any atom is 0.257 e. The number of carbonyl (C=O) groups is 2. The van der Waals surface area contributed by atoms with E-state index in [4.69, 9.17) is 0 Å². The lowest BCUT2D eigenvalue weighted by molar-refractivity contribution is 0.0915. The monoisotopic (exact) mass is 437 g/mol. The number of H-pyrrole nitrogens is 1. The molecular weight excluding hydrogens is 416 g/mol. The van der Waals surface area contributed by atoms with Crippen molar-refractivity contribution in [1.82, 2.24) is 20.6 Å². The topological polar surface area (TPSA) is 98.9 Å². The number of rotatable bonds is 3. The summed E-state index contributed by atoms with van der Waals surface area (Å²) >= 11 is 0. The van der Waals surface area contributed by atoms with Gasteiger partial charge in [0.2, 0.25) is 0 Å². The summed E-state index contributed by atoms with van der Waals surface area (Å²) in [4.78, 5) is 32.5. The van der Waals surface area contributed by atoms with Crippen molar-refractivity contribution in [3.05, 3.63) is 71.1 Å². The molecule has 0 aliphatic carbocycles. The van der Waals surface area contributed by atoms with E-state index in [2.05, 4.69) is 25.9 Å². The molecule has 1 unspecified atom stereocenters. The molecule has 1 fully saturated rings. The molecule has 2 aromatic heterocycles. The molecule has 5 rings (SSSR count). The Labute approximate surface area is 182 Å². The third kappa shape index (κ3) is 3.64. The highest BCUT2D eigenvalue weighted by molar-refractivity contribution is 6.04. The van der Waals surface area contributed by atoms with Gasteiger partial charge in [0.15, 0.2) is 0 Å². The maximum atomic E-state index is 13.4. The number of piperidine rings is 1. The lowest BCUT2D eigenvalue weighted by atomic mass is 9.74. The minimum atomic E-state index is -0.835. The van der Waals surface area contributed by atoms with Crippen molar-refractivity contribution in [2.75, 3.05) is 25.0 Å². The van der Waals surface area contributed by atoms with Gasteiger partial charge in [-0.3, -0.25) is 9.59 Å². The first-order valence-corrected chi connectivity index (χ1v) is 10.4. The number of aromatic amines is 1. The average Bonchev–Trinajstić information content (AvgIpc) is 3.24. The van der Waals surface area contributed by atoms with Crippen LogP contribution in [0.3, 0.4) is 0 Å². The molecule has 1 spiro atoms. The largest absolute Gasteiger partial charge is 0.357 e. The van der Waals surface area contributed by atoms with Gasteiger partial charge in [-0.2, -0.15) is 0 Å². The number of halogens is 2. The van der Waals surface area contributed by atoms with E-state index in [1.54, 1.807) is 12.1 Å². The van der Waals surface area contributed by atoms with Gasteiger partial charge in [0.05, 0.1) is 5.56 Å². The third-order valence-corrected chi connectivity index (χ3v) is 6.09. The molecular formula is C23H21F2N5O2. The predicted octanol–water partition coefficient (Wildman–Crippen LogP) is 2.97. The standard InChI is InChI=1S/C23H21F2N5O2/c24-15-6-14(7-16(25)9-15)21(31)30-19-8-13(2-5-27-19)18-10-17-20(29-18)23(12-28-22(17)32)3-1-4-26-11-23/h2,5-10,26,29H,1,3-4,11-12H2,(H,28,32)(H,27,30,31). The Morgan fingerprint density at radius 1 is 1.09 bits per heavy atom. The molecule has 1 atom stereocenters. The Morgan fingerprint density at radius 3 is 2.66 bits per heavy atom. The van der Waals surface area contributed by atoms with Crippen molar-refractivity contribution in [2.45, 2.75) is 18.3 Å². The van der Waals surface area contributed by atoms with Gasteiger partial charge >= 0.3 is 0 Å². The molecule has 9 heteroatoms. The zero-order chi connectivity index (χ0) is 22.3. The summed E-state index contributed by atoms with van der Waals surface area (Å²) < 4.78 is 26.9. The highest BCUT2D eigenvalue weighted by atomic mass is 19.1. The van der Waals surface area contributed by atoms with Crippen LogP contribution in [0.25, 0.3) is 11.3 Å². The molecule has 4 N–H and O–H groups in total. The lowest BCUT2D eigenvalue weighted by Crippen LogP contribution is -2.54. The first-order chi connectivity index (χ1) is 15.4. The van der Waals surface area contributed by atoms with Crippen LogP contribution in [0.15, 0.2) is 42.6 Å². The van der Waals surface area contributed by atoms with E-state index < -0.39 is 17.5 Å². The number of carbonyl (C=O) groups excluding carboxylic acids is 2. The Morgan fingerprint density at radius 2 is 1.91 bits per heavy atom. The van der Waals surface area contributed by atoms with Gasteiger partial charge in [0.1, 0.15) is 17.5 Å². The van der Waals surface area contributed by atoms with Crippen molar-refractivity contribution in [3.63, 3.8) is 0 Å². The van der Waals surface area contributed by atoms with Crippen LogP contribution in [0.2, 0.25) is 0 Å². The van der Waals surface area contributed by atoms with Crippen LogP contribution in [0.5, 0.6) is 0 Å². The zero-order valence-corrected chi connectivity index (χ0v) is 17.1. The second kappa shape index (κ2) is 7.83. The summed E-state index contributed by atoms with van der Waals surface area (Å²) in [6.45, 7) is 2.32. The number of anilines is 1. The molecule has 164 valence electrons. The zero-order valence-electron chi connectivity index (χ0n) is 17.1. The van der Waals surface area contributed by atoms with Crippen molar-refractivity contribution in [2.24, 2.45) is 0 Å². The number of nitrogens with zero attached hydrogens (tertiary/aromatic N) is 1. The van der Waals surface area contributed by atoms with Gasteiger partial charge in [-0.1, -0.05) is 0 Å². The fourth-order valence-corrected chi connectivity index (χ4v) is 4.51. The molecule has 2 aliphatic heterocycles. The van der Waals surface area contributed by atoms with E-state index >= 15 is 0 Å². The Bertz CT molecular complexity index is 1200. The van der Waals surface area contributed by atoms with Gasteiger partial charge in [0, 0.05) is 53.3 Å². The molecule has 2 amide bonds. The molecule has 7 nitrogen and oxygen atoms in total. The fraction of sp³-hybridized carbons (Fsp3) is 0.261. The van der Waals surface area contributed by atoms with Crippen LogP contribution in [-0.2, 0) is 5.41 Å². The van der Waals surface area contributed by atoms with E-state index in [0.29, 0.717) is 18.2 Å². The molecule has 1 saturated heterocycles. The number of aromatic nitrogens is 2. The SMILES string of the molecule is O=C(Nc1cc(-c2cc3c([nH]2)C2(CCCNC2)CNC3=O)ccn1)c1cc(F)cc(F)c1. The molecule has 1 aromatic carbocycles. The highest BCUT2D eigenvalue weighted by Gasteiger charge is 2.42. The van der Waals surface area contributed by atoms with Gasteiger partial charge in [-0.25, -0.2) is 13.8 Å². The summed E-state index contributed by atoms with van der Waals surface area (Å²) in [6.07, 6.45) is 3.51. The normalized spacial score (nSPS) is 20.0.